The van der Waals surface area contributed by atoms with Gasteiger partial charge in [0.25, 0.3) is 5.91 Å². The van der Waals surface area contributed by atoms with Crippen LogP contribution in [0.4, 0.5) is 0 Å². The maximum atomic E-state index is 11.7. The van der Waals surface area contributed by atoms with Crippen molar-refractivity contribution in [1.82, 2.24) is 16.0 Å². The van der Waals surface area contributed by atoms with Gasteiger partial charge in [-0.05, 0) is 29.2 Å². The Bertz CT molecular complexity index is 762. The van der Waals surface area contributed by atoms with Gasteiger partial charge in [-0.1, -0.05) is 49.4 Å². The monoisotopic (exact) mass is 382 g/mol. The molecule has 0 aliphatic rings. The van der Waals surface area contributed by atoms with Crippen molar-refractivity contribution in [2.24, 2.45) is 10.9 Å². The fourth-order valence-corrected chi connectivity index (χ4v) is 2.66. The molecule has 2 aromatic carbocycles. The Labute approximate surface area is 167 Å². The number of rotatable bonds is 9. The lowest BCUT2D eigenvalue weighted by atomic mass is 10.1. The minimum Gasteiger partial charge on any atom is -0.376 e. The molecule has 28 heavy (non-hydrogen) atoms. The number of nitrogens with zero attached hydrogens (tertiary/aromatic N) is 1. The van der Waals surface area contributed by atoms with Gasteiger partial charge in [-0.2, -0.15) is 0 Å². The Kier molecular flexibility index (Phi) is 9.01. The average Bonchev–Trinajstić information content (AvgIpc) is 2.74. The number of nitrogens with one attached hydrogen (secondary N) is 3. The van der Waals surface area contributed by atoms with Crippen molar-refractivity contribution in [1.29, 1.82) is 0 Å². The van der Waals surface area contributed by atoms with Gasteiger partial charge < -0.3 is 20.7 Å². The second kappa shape index (κ2) is 11.8. The van der Waals surface area contributed by atoms with Crippen molar-refractivity contribution in [2.75, 3.05) is 27.2 Å². The molecule has 6 nitrogen and oxygen atoms in total. The van der Waals surface area contributed by atoms with Crippen molar-refractivity contribution in [3.63, 3.8) is 0 Å². The molecule has 0 aliphatic carbocycles. The Hall–Kier alpha value is -2.86. The van der Waals surface area contributed by atoms with Gasteiger partial charge in [0, 0.05) is 32.7 Å². The molecule has 0 spiro atoms. The lowest BCUT2D eigenvalue weighted by Gasteiger charge is -2.16. The predicted octanol–water partition coefficient (Wildman–Crippen LogP) is 2.56. The molecule has 150 valence electrons. The molecule has 0 radical (unpaired) electrons. The van der Waals surface area contributed by atoms with Crippen LogP contribution in [-0.4, -0.2) is 39.1 Å². The molecule has 0 saturated heterocycles. The molecule has 6 heteroatoms. The molecular formula is C22H30N4O2. The highest BCUT2D eigenvalue weighted by Gasteiger charge is 2.06. The summed E-state index contributed by atoms with van der Waals surface area (Å²) in [5.41, 5.74) is 2.84. The summed E-state index contributed by atoms with van der Waals surface area (Å²) in [6, 6.07) is 17.7. The maximum Gasteiger partial charge on any atom is 0.251 e. The van der Waals surface area contributed by atoms with Crippen LogP contribution < -0.4 is 16.0 Å². The van der Waals surface area contributed by atoms with E-state index in [1.54, 1.807) is 20.2 Å². The zero-order valence-corrected chi connectivity index (χ0v) is 16.9. The van der Waals surface area contributed by atoms with E-state index in [0.717, 1.165) is 18.1 Å². The van der Waals surface area contributed by atoms with Gasteiger partial charge in [0.05, 0.1) is 13.2 Å². The molecule has 2 aromatic rings. The Morgan fingerprint density at radius 3 is 2.54 bits per heavy atom. The summed E-state index contributed by atoms with van der Waals surface area (Å²) in [4.78, 5) is 16.0. The molecule has 0 heterocycles. The lowest BCUT2D eigenvalue weighted by Crippen LogP contribution is -2.39. The summed E-state index contributed by atoms with van der Waals surface area (Å²) in [5.74, 6) is 0.979. The van der Waals surface area contributed by atoms with Crippen LogP contribution in [0.25, 0.3) is 0 Å². The number of ether oxygens (including phenoxy) is 1. The molecule has 3 N–H and O–H groups in total. The van der Waals surface area contributed by atoms with Gasteiger partial charge in [-0.15, -0.1) is 0 Å². The Morgan fingerprint density at radius 2 is 1.82 bits per heavy atom. The van der Waals surface area contributed by atoms with Crippen LogP contribution in [0.15, 0.2) is 59.6 Å². The zero-order valence-electron chi connectivity index (χ0n) is 16.9. The molecule has 1 unspecified atom stereocenters. The number of benzene rings is 2. The predicted molar refractivity (Wildman–Crippen MR) is 113 cm³/mol. The molecule has 0 bridgehead atoms. The van der Waals surface area contributed by atoms with E-state index in [2.05, 4.69) is 40.0 Å². The smallest absolute Gasteiger partial charge is 0.251 e. The minimum absolute atomic E-state index is 0.0892. The highest BCUT2D eigenvalue weighted by molar-refractivity contribution is 5.94. The fraction of sp³-hybridized carbons (Fsp3) is 0.364. The van der Waals surface area contributed by atoms with Crippen molar-refractivity contribution in [2.45, 2.75) is 20.1 Å². The maximum absolute atomic E-state index is 11.7. The van der Waals surface area contributed by atoms with E-state index in [-0.39, 0.29) is 5.91 Å². The SMILES string of the molecule is CN=C(NCc1cccc(C(=O)NC)c1)NCC(C)COCc1ccccc1. The molecule has 2 rings (SSSR count). The van der Waals surface area contributed by atoms with Crippen LogP contribution in [0, 0.1) is 5.92 Å². The molecular weight excluding hydrogens is 352 g/mol. The summed E-state index contributed by atoms with van der Waals surface area (Å²) < 4.78 is 5.78. The third-order valence-corrected chi connectivity index (χ3v) is 4.23. The van der Waals surface area contributed by atoms with Crippen LogP contribution in [0.5, 0.6) is 0 Å². The number of hydrogen-bond acceptors (Lipinski definition) is 3. The molecule has 0 fully saturated rings. The first kappa shape index (κ1) is 21.4. The van der Waals surface area contributed by atoms with Crippen molar-refractivity contribution < 1.29 is 9.53 Å². The molecule has 1 atom stereocenters. The van der Waals surface area contributed by atoms with Gasteiger partial charge in [-0.3, -0.25) is 9.79 Å². The van der Waals surface area contributed by atoms with Crippen LogP contribution in [0.3, 0.4) is 0 Å². The van der Waals surface area contributed by atoms with Crippen LogP contribution in [0.2, 0.25) is 0 Å². The molecule has 0 aliphatic heterocycles. The number of carbonyl (C=O) groups excluding carboxylic acids is 1. The third kappa shape index (κ3) is 7.40. The van der Waals surface area contributed by atoms with Gasteiger partial charge in [0.2, 0.25) is 0 Å². The second-order valence-electron chi connectivity index (χ2n) is 6.69. The van der Waals surface area contributed by atoms with Crippen molar-refractivity contribution >= 4 is 11.9 Å². The Morgan fingerprint density at radius 1 is 1.07 bits per heavy atom. The largest absolute Gasteiger partial charge is 0.376 e. The number of amides is 1. The van der Waals surface area contributed by atoms with Gasteiger partial charge in [0.1, 0.15) is 0 Å². The normalized spacial score (nSPS) is 12.3. The summed E-state index contributed by atoms with van der Waals surface area (Å²) >= 11 is 0. The number of guanidine groups is 1. The van der Waals surface area contributed by atoms with Crippen LogP contribution >= 0.6 is 0 Å². The van der Waals surface area contributed by atoms with E-state index in [9.17, 15) is 4.79 Å². The van der Waals surface area contributed by atoms with Gasteiger partial charge in [-0.25, -0.2) is 0 Å². The average molecular weight is 383 g/mol. The summed E-state index contributed by atoms with van der Waals surface area (Å²) in [6.07, 6.45) is 0. The lowest BCUT2D eigenvalue weighted by molar-refractivity contribution is 0.0931. The first-order valence-corrected chi connectivity index (χ1v) is 9.49. The first-order valence-electron chi connectivity index (χ1n) is 9.49. The molecule has 0 aromatic heterocycles. The summed E-state index contributed by atoms with van der Waals surface area (Å²) in [6.45, 7) is 4.78. The van der Waals surface area contributed by atoms with E-state index >= 15 is 0 Å². The van der Waals surface area contributed by atoms with E-state index < -0.39 is 0 Å². The second-order valence-corrected chi connectivity index (χ2v) is 6.69. The van der Waals surface area contributed by atoms with E-state index in [1.807, 2.05) is 36.4 Å². The van der Waals surface area contributed by atoms with Gasteiger partial charge >= 0.3 is 0 Å². The van der Waals surface area contributed by atoms with Crippen LogP contribution in [0.1, 0.15) is 28.4 Å². The standard InChI is InChI=1S/C22H30N4O2/c1-17(15-28-16-18-8-5-4-6-9-18)13-25-22(24-3)26-14-19-10-7-11-20(12-19)21(27)23-2/h4-12,17H,13-16H2,1-3H3,(H,23,27)(H2,24,25,26). The molecule has 1 amide bonds. The van der Waals surface area contributed by atoms with E-state index in [4.69, 9.17) is 4.74 Å². The first-order chi connectivity index (χ1) is 13.6. The fourth-order valence-electron chi connectivity index (χ4n) is 2.66. The third-order valence-electron chi connectivity index (χ3n) is 4.23. The minimum atomic E-state index is -0.0892. The quantitative estimate of drug-likeness (QED) is 0.460. The topological polar surface area (TPSA) is 74.8 Å². The molecule has 0 saturated carbocycles. The van der Waals surface area contributed by atoms with E-state index in [1.165, 1.54) is 5.56 Å². The Balaban J connectivity index is 1.71. The highest BCUT2D eigenvalue weighted by Crippen LogP contribution is 2.05. The number of aliphatic imine (C=N–C) groups is 1. The summed E-state index contributed by atoms with van der Waals surface area (Å²) in [7, 11) is 3.37. The van der Waals surface area contributed by atoms with Crippen molar-refractivity contribution in [3.8, 4) is 0 Å². The van der Waals surface area contributed by atoms with Gasteiger partial charge in [0.15, 0.2) is 5.96 Å². The zero-order chi connectivity index (χ0) is 20.2. The number of carbonyl (C=O) groups is 1. The van der Waals surface area contributed by atoms with Crippen molar-refractivity contribution in [3.05, 3.63) is 71.3 Å². The van der Waals surface area contributed by atoms with E-state index in [0.29, 0.717) is 31.2 Å². The number of hydrogen-bond donors (Lipinski definition) is 3. The highest BCUT2D eigenvalue weighted by atomic mass is 16.5. The van der Waals surface area contributed by atoms with Crippen LogP contribution in [-0.2, 0) is 17.9 Å². The summed E-state index contributed by atoms with van der Waals surface area (Å²) in [5, 5.41) is 9.23.